The van der Waals surface area contributed by atoms with Crippen LogP contribution >= 0.6 is 0 Å². The van der Waals surface area contributed by atoms with E-state index in [9.17, 15) is 20.1 Å². The van der Waals surface area contributed by atoms with E-state index in [-0.39, 0.29) is 12.6 Å². The van der Waals surface area contributed by atoms with Gasteiger partial charge in [0, 0.05) is 13.1 Å². The SMILES string of the molecule is CCC(C)C(O)(C(=O)OCC1=CCN2CC[C@@H](O)[C@@H]12)C(C)O. The molecular formula is C16H27NO5. The zero-order chi connectivity index (χ0) is 16.5. The van der Waals surface area contributed by atoms with Gasteiger partial charge in [0.15, 0.2) is 5.60 Å². The molecule has 3 unspecified atom stereocenters. The normalized spacial score (nSPS) is 30.4. The van der Waals surface area contributed by atoms with Crippen LogP contribution in [-0.4, -0.2) is 69.7 Å². The number of nitrogens with zero attached hydrogens (tertiary/aromatic N) is 1. The fourth-order valence-corrected chi connectivity index (χ4v) is 3.38. The van der Waals surface area contributed by atoms with Crippen molar-refractivity contribution >= 4 is 5.97 Å². The van der Waals surface area contributed by atoms with Gasteiger partial charge in [0.1, 0.15) is 6.61 Å². The monoisotopic (exact) mass is 313 g/mol. The molecule has 6 heteroatoms. The smallest absolute Gasteiger partial charge is 0.341 e. The highest BCUT2D eigenvalue weighted by atomic mass is 16.6. The molecule has 0 spiro atoms. The summed E-state index contributed by atoms with van der Waals surface area (Å²) in [6.07, 6.45) is 1.60. The highest BCUT2D eigenvalue weighted by Crippen LogP contribution is 2.30. The molecule has 0 aliphatic carbocycles. The first kappa shape index (κ1) is 17.4. The summed E-state index contributed by atoms with van der Waals surface area (Å²) in [4.78, 5) is 14.4. The summed E-state index contributed by atoms with van der Waals surface area (Å²) in [5.74, 6) is -1.21. The molecule has 0 saturated carbocycles. The van der Waals surface area contributed by atoms with Crippen molar-refractivity contribution in [2.24, 2.45) is 5.92 Å². The summed E-state index contributed by atoms with van der Waals surface area (Å²) in [7, 11) is 0. The predicted octanol–water partition coefficient (Wildman–Crippen LogP) is 0.0628. The van der Waals surface area contributed by atoms with Crippen molar-refractivity contribution in [3.63, 3.8) is 0 Å². The molecule has 1 saturated heterocycles. The molecule has 0 aromatic heterocycles. The van der Waals surface area contributed by atoms with Crippen LogP contribution in [0.25, 0.3) is 0 Å². The van der Waals surface area contributed by atoms with Crippen LogP contribution in [0.2, 0.25) is 0 Å². The van der Waals surface area contributed by atoms with Gasteiger partial charge in [0.2, 0.25) is 0 Å². The van der Waals surface area contributed by atoms with Crippen LogP contribution in [0.4, 0.5) is 0 Å². The molecule has 0 aromatic rings. The van der Waals surface area contributed by atoms with E-state index in [0.29, 0.717) is 6.42 Å². The van der Waals surface area contributed by atoms with Crippen LogP contribution in [0.5, 0.6) is 0 Å². The van der Waals surface area contributed by atoms with E-state index in [0.717, 1.165) is 25.1 Å². The summed E-state index contributed by atoms with van der Waals surface area (Å²) in [6, 6.07) is -0.0870. The molecule has 0 bridgehead atoms. The Morgan fingerprint density at radius 2 is 2.23 bits per heavy atom. The molecule has 2 aliphatic rings. The van der Waals surface area contributed by atoms with Gasteiger partial charge < -0.3 is 20.1 Å². The molecule has 2 rings (SSSR count). The van der Waals surface area contributed by atoms with Crippen LogP contribution in [0.15, 0.2) is 11.6 Å². The summed E-state index contributed by atoms with van der Waals surface area (Å²) < 4.78 is 5.28. The average molecular weight is 313 g/mol. The van der Waals surface area contributed by atoms with Crippen molar-refractivity contribution in [2.75, 3.05) is 19.7 Å². The largest absolute Gasteiger partial charge is 0.459 e. The lowest BCUT2D eigenvalue weighted by Gasteiger charge is -2.34. The first-order chi connectivity index (χ1) is 10.3. The van der Waals surface area contributed by atoms with E-state index in [1.165, 1.54) is 6.92 Å². The molecule has 3 N–H and O–H groups in total. The van der Waals surface area contributed by atoms with Crippen molar-refractivity contribution in [2.45, 2.75) is 57.5 Å². The molecule has 6 nitrogen and oxygen atoms in total. The molecule has 2 aliphatic heterocycles. The minimum atomic E-state index is -1.90. The van der Waals surface area contributed by atoms with Gasteiger partial charge in [-0.05, 0) is 24.8 Å². The first-order valence-electron chi connectivity index (χ1n) is 8.01. The fourth-order valence-electron chi connectivity index (χ4n) is 3.38. The van der Waals surface area contributed by atoms with E-state index in [1.54, 1.807) is 6.92 Å². The van der Waals surface area contributed by atoms with Gasteiger partial charge >= 0.3 is 5.97 Å². The third kappa shape index (κ3) is 2.93. The van der Waals surface area contributed by atoms with Gasteiger partial charge in [-0.15, -0.1) is 0 Å². The Kier molecular flexibility index (Phi) is 5.27. The maximum Gasteiger partial charge on any atom is 0.341 e. The number of aliphatic hydroxyl groups excluding tert-OH is 2. The molecule has 2 heterocycles. The Morgan fingerprint density at radius 3 is 2.82 bits per heavy atom. The van der Waals surface area contributed by atoms with E-state index in [1.807, 2.05) is 13.0 Å². The molecule has 22 heavy (non-hydrogen) atoms. The second kappa shape index (κ2) is 6.66. The third-order valence-corrected chi connectivity index (χ3v) is 5.14. The second-order valence-electron chi connectivity index (χ2n) is 6.46. The zero-order valence-electron chi connectivity index (χ0n) is 13.5. The number of rotatable bonds is 6. The summed E-state index contributed by atoms with van der Waals surface area (Å²) >= 11 is 0. The third-order valence-electron chi connectivity index (χ3n) is 5.14. The van der Waals surface area contributed by atoms with Gasteiger partial charge in [-0.3, -0.25) is 4.90 Å². The number of aliphatic hydroxyl groups is 3. The number of hydrogen-bond donors (Lipinski definition) is 3. The Labute approximate surface area is 131 Å². The van der Waals surface area contributed by atoms with Gasteiger partial charge in [0.05, 0.1) is 18.2 Å². The Balaban J connectivity index is 2.00. The standard InChI is InChI=1S/C16H27NO5/c1-4-10(2)16(21,11(3)18)15(20)22-9-12-5-7-17-8-6-13(19)14(12)17/h5,10-11,13-14,18-19,21H,4,6-9H2,1-3H3/t10?,11?,13-,14-,16?/m1/s1. The fraction of sp³-hybridized carbons (Fsp3) is 0.812. The molecule has 1 fully saturated rings. The number of hydrogen-bond acceptors (Lipinski definition) is 6. The minimum Gasteiger partial charge on any atom is -0.459 e. The number of esters is 1. The minimum absolute atomic E-state index is 0.0442. The quantitative estimate of drug-likeness (QED) is 0.475. The van der Waals surface area contributed by atoms with Crippen LogP contribution in [-0.2, 0) is 9.53 Å². The van der Waals surface area contributed by atoms with E-state index in [2.05, 4.69) is 4.90 Å². The van der Waals surface area contributed by atoms with Crippen LogP contribution in [0.1, 0.15) is 33.6 Å². The lowest BCUT2D eigenvalue weighted by atomic mass is 9.82. The molecule has 0 amide bonds. The lowest BCUT2D eigenvalue weighted by Crippen LogP contribution is -2.54. The van der Waals surface area contributed by atoms with E-state index in [4.69, 9.17) is 4.74 Å². The van der Waals surface area contributed by atoms with Gasteiger partial charge in [-0.25, -0.2) is 4.79 Å². The van der Waals surface area contributed by atoms with Crippen LogP contribution in [0, 0.1) is 5.92 Å². The molecule has 0 aromatic carbocycles. The van der Waals surface area contributed by atoms with Gasteiger partial charge in [-0.1, -0.05) is 26.3 Å². The van der Waals surface area contributed by atoms with Crippen LogP contribution in [0.3, 0.4) is 0 Å². The van der Waals surface area contributed by atoms with Gasteiger partial charge in [-0.2, -0.15) is 0 Å². The van der Waals surface area contributed by atoms with E-state index >= 15 is 0 Å². The lowest BCUT2D eigenvalue weighted by molar-refractivity contribution is -0.185. The second-order valence-corrected chi connectivity index (χ2v) is 6.46. The number of ether oxygens (including phenoxy) is 1. The molecule has 126 valence electrons. The number of fused-ring (bicyclic) bond motifs is 1. The molecular weight excluding hydrogens is 286 g/mol. The Bertz CT molecular complexity index is 450. The maximum absolute atomic E-state index is 12.3. The maximum atomic E-state index is 12.3. The highest BCUT2D eigenvalue weighted by molar-refractivity contribution is 5.80. The highest BCUT2D eigenvalue weighted by Gasteiger charge is 2.47. The van der Waals surface area contributed by atoms with E-state index < -0.39 is 29.7 Å². The first-order valence-corrected chi connectivity index (χ1v) is 8.01. The van der Waals surface area contributed by atoms with Crippen molar-refractivity contribution < 1.29 is 24.9 Å². The predicted molar refractivity (Wildman–Crippen MR) is 81.1 cm³/mol. The van der Waals surface area contributed by atoms with Crippen molar-refractivity contribution in [3.8, 4) is 0 Å². The molecule has 0 radical (unpaired) electrons. The summed E-state index contributed by atoms with van der Waals surface area (Å²) in [5.41, 5.74) is -1.03. The number of carbonyl (C=O) groups is 1. The van der Waals surface area contributed by atoms with Crippen LogP contribution < -0.4 is 0 Å². The van der Waals surface area contributed by atoms with Crippen molar-refractivity contribution in [1.82, 2.24) is 4.90 Å². The Morgan fingerprint density at radius 1 is 1.55 bits per heavy atom. The summed E-state index contributed by atoms with van der Waals surface area (Å²) in [5, 5.41) is 30.3. The molecule has 5 atom stereocenters. The van der Waals surface area contributed by atoms with Crippen molar-refractivity contribution in [1.29, 1.82) is 0 Å². The Hall–Kier alpha value is -0.950. The summed E-state index contributed by atoms with van der Waals surface area (Å²) in [6.45, 7) is 6.58. The average Bonchev–Trinajstić information content (AvgIpc) is 3.06. The number of carbonyl (C=O) groups excluding carboxylic acids is 1. The zero-order valence-corrected chi connectivity index (χ0v) is 13.5. The van der Waals surface area contributed by atoms with Gasteiger partial charge in [0.25, 0.3) is 0 Å². The topological polar surface area (TPSA) is 90.2 Å². The van der Waals surface area contributed by atoms with Crippen molar-refractivity contribution in [3.05, 3.63) is 11.6 Å².